The zero-order valence-electron chi connectivity index (χ0n) is 18.1. The standard InChI is InChI=1S/C24H36FNO4/c1-2-3-4-5-6-7-23(27)26-20(15-17-8-10-19(25)14-17)24(28)18-9-11-21-22(16-18)30-13-12-29-21/h9,11,16-17,19-20,24,28H,2-8,10,12-15H2,1H3,(H,26,27)/t17?,19-,20-,24-/m1/s1. The summed E-state index contributed by atoms with van der Waals surface area (Å²) in [6.45, 7) is 3.16. The number of carbonyl (C=O) groups is 1. The van der Waals surface area contributed by atoms with Crippen molar-refractivity contribution >= 4 is 5.91 Å². The molecule has 0 spiro atoms. The first kappa shape index (κ1) is 22.9. The van der Waals surface area contributed by atoms with Crippen LogP contribution in [0.1, 0.15) is 82.8 Å². The van der Waals surface area contributed by atoms with E-state index < -0.39 is 18.3 Å². The van der Waals surface area contributed by atoms with Crippen molar-refractivity contribution in [3.05, 3.63) is 23.8 Å². The minimum Gasteiger partial charge on any atom is -0.486 e. The molecule has 4 atom stereocenters. The van der Waals surface area contributed by atoms with E-state index in [0.717, 1.165) is 25.7 Å². The van der Waals surface area contributed by atoms with E-state index in [-0.39, 0.29) is 11.8 Å². The number of carbonyl (C=O) groups excluding carboxylic acids is 1. The molecule has 1 aromatic carbocycles. The molecule has 0 bridgehead atoms. The fraction of sp³-hybridized carbons (Fsp3) is 0.708. The van der Waals surface area contributed by atoms with Crippen LogP contribution in [-0.2, 0) is 4.79 Å². The third-order valence-electron chi connectivity index (χ3n) is 6.21. The maximum Gasteiger partial charge on any atom is 0.220 e. The molecule has 1 aromatic rings. The summed E-state index contributed by atoms with van der Waals surface area (Å²) in [5.41, 5.74) is 0.683. The number of ether oxygens (including phenoxy) is 2. The maximum absolute atomic E-state index is 13.7. The second-order valence-corrected chi connectivity index (χ2v) is 8.70. The first-order chi connectivity index (χ1) is 14.6. The van der Waals surface area contributed by atoms with Crippen LogP contribution in [0.5, 0.6) is 11.5 Å². The fourth-order valence-electron chi connectivity index (χ4n) is 4.50. The van der Waals surface area contributed by atoms with Crippen LogP contribution in [0.3, 0.4) is 0 Å². The molecule has 1 fully saturated rings. The fourth-order valence-corrected chi connectivity index (χ4v) is 4.50. The Balaban J connectivity index is 1.63. The lowest BCUT2D eigenvalue weighted by Crippen LogP contribution is -2.40. The predicted octanol–water partition coefficient (Wildman–Crippen LogP) is 4.86. The summed E-state index contributed by atoms with van der Waals surface area (Å²) in [6, 6.07) is 4.96. The molecular weight excluding hydrogens is 385 g/mol. The van der Waals surface area contributed by atoms with Gasteiger partial charge in [0.2, 0.25) is 5.91 Å². The minimum absolute atomic E-state index is 0.0390. The first-order valence-electron chi connectivity index (χ1n) is 11.6. The average Bonchev–Trinajstić information content (AvgIpc) is 3.17. The van der Waals surface area contributed by atoms with Gasteiger partial charge in [0.1, 0.15) is 19.4 Å². The number of benzene rings is 1. The van der Waals surface area contributed by atoms with Crippen molar-refractivity contribution in [2.24, 2.45) is 5.92 Å². The molecule has 1 amide bonds. The smallest absolute Gasteiger partial charge is 0.220 e. The molecule has 0 aromatic heterocycles. The van der Waals surface area contributed by atoms with E-state index in [0.29, 0.717) is 56.0 Å². The van der Waals surface area contributed by atoms with Crippen LogP contribution in [0.25, 0.3) is 0 Å². The van der Waals surface area contributed by atoms with Gasteiger partial charge in [-0.2, -0.15) is 0 Å². The van der Waals surface area contributed by atoms with Gasteiger partial charge >= 0.3 is 0 Å². The van der Waals surface area contributed by atoms with Crippen molar-refractivity contribution < 1.29 is 23.8 Å². The number of aliphatic hydroxyl groups is 1. The monoisotopic (exact) mass is 421 g/mol. The SMILES string of the molecule is CCCCCCCC(=O)N[C@H](CC1CC[C@@H](F)C1)[C@H](O)c1ccc2c(c1)OCCO2. The predicted molar refractivity (Wildman–Crippen MR) is 115 cm³/mol. The van der Waals surface area contributed by atoms with Gasteiger partial charge in [-0.3, -0.25) is 4.79 Å². The van der Waals surface area contributed by atoms with Gasteiger partial charge in [0.15, 0.2) is 11.5 Å². The Morgan fingerprint density at radius 3 is 2.67 bits per heavy atom. The zero-order chi connectivity index (χ0) is 21.3. The molecule has 3 rings (SSSR count). The summed E-state index contributed by atoms with van der Waals surface area (Å²) < 4.78 is 24.9. The number of hydrogen-bond acceptors (Lipinski definition) is 4. The third-order valence-corrected chi connectivity index (χ3v) is 6.21. The van der Waals surface area contributed by atoms with Crippen LogP contribution in [0.2, 0.25) is 0 Å². The summed E-state index contributed by atoms with van der Waals surface area (Å²) in [5, 5.41) is 14.1. The molecule has 1 saturated carbocycles. The highest BCUT2D eigenvalue weighted by molar-refractivity contribution is 5.76. The summed E-state index contributed by atoms with van der Waals surface area (Å²) >= 11 is 0. The van der Waals surface area contributed by atoms with Gasteiger partial charge < -0.3 is 19.9 Å². The molecule has 6 heteroatoms. The molecule has 2 aliphatic rings. The van der Waals surface area contributed by atoms with E-state index in [9.17, 15) is 14.3 Å². The molecular formula is C24H36FNO4. The summed E-state index contributed by atoms with van der Waals surface area (Å²) in [7, 11) is 0. The van der Waals surface area contributed by atoms with E-state index in [1.54, 1.807) is 12.1 Å². The van der Waals surface area contributed by atoms with E-state index in [1.165, 1.54) is 12.8 Å². The molecule has 1 aliphatic carbocycles. The van der Waals surface area contributed by atoms with Gasteiger partial charge in [0, 0.05) is 6.42 Å². The Labute approximate surface area is 179 Å². The van der Waals surface area contributed by atoms with Crippen molar-refractivity contribution in [2.45, 2.75) is 89.4 Å². The zero-order valence-corrected chi connectivity index (χ0v) is 18.1. The van der Waals surface area contributed by atoms with Crippen molar-refractivity contribution in [3.63, 3.8) is 0 Å². The Bertz CT molecular complexity index is 683. The molecule has 5 nitrogen and oxygen atoms in total. The van der Waals surface area contributed by atoms with Gasteiger partial charge in [0.25, 0.3) is 0 Å². The van der Waals surface area contributed by atoms with Crippen LogP contribution >= 0.6 is 0 Å². The number of halogens is 1. The van der Waals surface area contributed by atoms with E-state index in [1.807, 2.05) is 6.07 Å². The van der Waals surface area contributed by atoms with Gasteiger partial charge in [-0.1, -0.05) is 38.7 Å². The van der Waals surface area contributed by atoms with E-state index in [2.05, 4.69) is 12.2 Å². The van der Waals surface area contributed by atoms with E-state index >= 15 is 0 Å². The lowest BCUT2D eigenvalue weighted by atomic mass is 9.91. The quantitative estimate of drug-likeness (QED) is 0.501. The summed E-state index contributed by atoms with van der Waals surface area (Å²) in [6.07, 6.45) is 6.71. The number of fused-ring (bicyclic) bond motifs is 1. The van der Waals surface area contributed by atoms with Gasteiger partial charge in [-0.25, -0.2) is 4.39 Å². The number of unbranched alkanes of at least 4 members (excludes halogenated alkanes) is 4. The first-order valence-corrected chi connectivity index (χ1v) is 11.6. The number of amides is 1. The molecule has 2 N–H and O–H groups in total. The van der Waals surface area contributed by atoms with Gasteiger partial charge in [-0.05, 0) is 55.7 Å². The summed E-state index contributed by atoms with van der Waals surface area (Å²) in [4.78, 5) is 12.6. The number of nitrogens with one attached hydrogen (secondary N) is 1. The third kappa shape index (κ3) is 6.59. The Hall–Kier alpha value is -1.82. The lowest BCUT2D eigenvalue weighted by molar-refractivity contribution is -0.123. The van der Waals surface area contributed by atoms with Crippen LogP contribution in [0.15, 0.2) is 18.2 Å². The number of hydrogen-bond donors (Lipinski definition) is 2. The highest BCUT2D eigenvalue weighted by atomic mass is 19.1. The van der Waals surface area contributed by atoms with Crippen molar-refractivity contribution in [1.82, 2.24) is 5.32 Å². The number of aliphatic hydroxyl groups excluding tert-OH is 1. The lowest BCUT2D eigenvalue weighted by Gasteiger charge is -2.28. The molecule has 1 heterocycles. The van der Waals surface area contributed by atoms with Gasteiger partial charge in [-0.15, -0.1) is 0 Å². The average molecular weight is 422 g/mol. The second kappa shape index (κ2) is 11.5. The number of alkyl halides is 1. The van der Waals surface area contributed by atoms with Crippen LogP contribution in [-0.4, -0.2) is 36.4 Å². The largest absolute Gasteiger partial charge is 0.486 e. The Kier molecular flexibility index (Phi) is 8.79. The normalized spacial score (nSPS) is 22.5. The highest BCUT2D eigenvalue weighted by Gasteiger charge is 2.31. The van der Waals surface area contributed by atoms with E-state index in [4.69, 9.17) is 9.47 Å². The summed E-state index contributed by atoms with van der Waals surface area (Å²) in [5.74, 6) is 1.43. The minimum atomic E-state index is -0.872. The topological polar surface area (TPSA) is 67.8 Å². The highest BCUT2D eigenvalue weighted by Crippen LogP contribution is 2.36. The molecule has 1 aliphatic heterocycles. The van der Waals surface area contributed by atoms with Crippen molar-refractivity contribution in [1.29, 1.82) is 0 Å². The van der Waals surface area contributed by atoms with Crippen LogP contribution in [0, 0.1) is 5.92 Å². The molecule has 1 unspecified atom stereocenters. The molecule has 30 heavy (non-hydrogen) atoms. The Morgan fingerprint density at radius 1 is 1.17 bits per heavy atom. The molecule has 168 valence electrons. The van der Waals surface area contributed by atoms with Gasteiger partial charge in [0.05, 0.1) is 12.1 Å². The second-order valence-electron chi connectivity index (χ2n) is 8.70. The molecule has 0 radical (unpaired) electrons. The Morgan fingerprint density at radius 2 is 1.93 bits per heavy atom. The number of rotatable bonds is 11. The molecule has 0 saturated heterocycles. The van der Waals surface area contributed by atoms with Crippen LogP contribution < -0.4 is 14.8 Å². The maximum atomic E-state index is 13.7. The van der Waals surface area contributed by atoms with Crippen molar-refractivity contribution in [3.8, 4) is 11.5 Å². The van der Waals surface area contributed by atoms with Crippen molar-refractivity contribution in [2.75, 3.05) is 13.2 Å². The van der Waals surface area contributed by atoms with Crippen LogP contribution in [0.4, 0.5) is 4.39 Å².